The summed E-state index contributed by atoms with van der Waals surface area (Å²) in [4.78, 5) is 12.9. The van der Waals surface area contributed by atoms with Gasteiger partial charge >= 0.3 is 0 Å². The lowest BCUT2D eigenvalue weighted by Crippen LogP contribution is -2.43. The van der Waals surface area contributed by atoms with Crippen molar-refractivity contribution in [1.82, 2.24) is 9.97 Å². The molecule has 2 aliphatic heterocycles. The van der Waals surface area contributed by atoms with Gasteiger partial charge in [-0.25, -0.2) is 0 Å². The third-order valence-electron chi connectivity index (χ3n) is 10.7. The number of nitrogens with zero attached hydrogens (tertiary/aromatic N) is 3. The smallest absolute Gasteiger partial charge is 0.110 e. The molecule has 11 rings (SSSR count). The van der Waals surface area contributed by atoms with Crippen molar-refractivity contribution in [2.24, 2.45) is 0 Å². The average molecular weight is 572 g/mol. The number of fused-ring (bicyclic) bond motifs is 18. The molecule has 2 aromatic heterocycles. The molecular weight excluding hydrogens is 546 g/mol. The third-order valence-corrected chi connectivity index (χ3v) is 10.7. The van der Waals surface area contributed by atoms with E-state index in [1.807, 2.05) is 24.5 Å². The Balaban J connectivity index is 1.38. The first-order chi connectivity index (χ1) is 22.4. The highest BCUT2D eigenvalue weighted by Crippen LogP contribution is 2.69. The maximum absolute atomic E-state index is 5.19. The van der Waals surface area contributed by atoms with Gasteiger partial charge in [-0.2, -0.15) is 0 Å². The van der Waals surface area contributed by atoms with E-state index in [1.165, 1.54) is 61.6 Å². The second-order valence-corrected chi connectivity index (χ2v) is 12.5. The molecule has 4 heterocycles. The van der Waals surface area contributed by atoms with E-state index in [2.05, 4.69) is 132 Å². The number of rotatable bonds is 0. The van der Waals surface area contributed by atoms with Crippen molar-refractivity contribution < 1.29 is 0 Å². The quantitative estimate of drug-likeness (QED) is 0.182. The fourth-order valence-corrected chi connectivity index (χ4v) is 9.30. The molecule has 0 unspecified atom stereocenters. The lowest BCUT2D eigenvalue weighted by Gasteiger charge is -2.51. The Morgan fingerprint density at radius 1 is 0.356 bits per heavy atom. The van der Waals surface area contributed by atoms with E-state index in [0.29, 0.717) is 0 Å². The lowest BCUT2D eigenvalue weighted by atomic mass is 9.60. The molecule has 0 saturated heterocycles. The third kappa shape index (κ3) is 2.48. The van der Waals surface area contributed by atoms with Crippen molar-refractivity contribution in [3.05, 3.63) is 197 Å². The number of pyridine rings is 2. The predicted octanol–water partition coefficient (Wildman–Crippen LogP) is 9.30. The van der Waals surface area contributed by atoms with Crippen LogP contribution in [-0.2, 0) is 10.8 Å². The van der Waals surface area contributed by atoms with Crippen LogP contribution in [0.4, 0.5) is 17.1 Å². The summed E-state index contributed by atoms with van der Waals surface area (Å²) in [5.74, 6) is 0. The van der Waals surface area contributed by atoms with Crippen molar-refractivity contribution in [2.45, 2.75) is 10.8 Å². The number of aromatic nitrogens is 2. The van der Waals surface area contributed by atoms with Crippen LogP contribution >= 0.6 is 0 Å². The Morgan fingerprint density at radius 3 is 1.36 bits per heavy atom. The highest BCUT2D eigenvalue weighted by molar-refractivity contribution is 6.01. The maximum atomic E-state index is 5.19. The van der Waals surface area contributed by atoms with Crippen LogP contribution in [0.15, 0.2) is 152 Å². The second kappa shape index (κ2) is 8.02. The largest absolute Gasteiger partial charge is 0.309 e. The number of para-hydroxylation sites is 3. The van der Waals surface area contributed by atoms with Crippen LogP contribution < -0.4 is 4.90 Å². The van der Waals surface area contributed by atoms with Crippen LogP contribution in [0.1, 0.15) is 44.8 Å². The minimum atomic E-state index is -0.656. The van der Waals surface area contributed by atoms with E-state index in [9.17, 15) is 0 Å². The summed E-state index contributed by atoms with van der Waals surface area (Å²) < 4.78 is 0. The number of hydrogen-bond acceptors (Lipinski definition) is 3. The minimum Gasteiger partial charge on any atom is -0.309 e. The summed E-state index contributed by atoms with van der Waals surface area (Å²) in [5, 5.41) is 0. The van der Waals surface area contributed by atoms with E-state index in [1.54, 1.807) is 0 Å². The number of benzene rings is 5. The monoisotopic (exact) mass is 571 g/mol. The fourth-order valence-electron chi connectivity index (χ4n) is 9.30. The van der Waals surface area contributed by atoms with Gasteiger partial charge in [-0.1, -0.05) is 115 Å². The summed E-state index contributed by atoms with van der Waals surface area (Å²) in [7, 11) is 0. The lowest BCUT2D eigenvalue weighted by molar-refractivity contribution is 0.679. The molecule has 0 saturated carbocycles. The van der Waals surface area contributed by atoms with E-state index in [-0.39, 0.29) is 0 Å². The number of hydrogen-bond donors (Lipinski definition) is 0. The van der Waals surface area contributed by atoms with Crippen molar-refractivity contribution in [3.8, 4) is 22.3 Å². The molecule has 2 spiro atoms. The summed E-state index contributed by atoms with van der Waals surface area (Å²) >= 11 is 0. The van der Waals surface area contributed by atoms with Gasteiger partial charge in [0.2, 0.25) is 0 Å². The van der Waals surface area contributed by atoms with Crippen LogP contribution in [-0.4, -0.2) is 9.97 Å². The van der Waals surface area contributed by atoms with Gasteiger partial charge in [0, 0.05) is 23.5 Å². The SMILES string of the molecule is c1ccc2c(c1)-c1ccccc1C21c2ccccc2N2c3ccccc3C3(c4cccc1c42)c1ncccc1-c1cccnc13. The van der Waals surface area contributed by atoms with Gasteiger partial charge in [-0.15, -0.1) is 0 Å². The normalized spacial score (nSPS) is 15.9. The first-order valence-corrected chi connectivity index (χ1v) is 15.6. The van der Waals surface area contributed by atoms with Gasteiger partial charge in [-0.05, 0) is 68.8 Å². The van der Waals surface area contributed by atoms with Crippen LogP contribution in [0.2, 0.25) is 0 Å². The average Bonchev–Trinajstić information content (AvgIpc) is 3.57. The fraction of sp³-hybridized carbons (Fsp3) is 0.0476. The molecule has 0 atom stereocenters. The van der Waals surface area contributed by atoms with Gasteiger partial charge in [0.05, 0.1) is 33.9 Å². The zero-order valence-corrected chi connectivity index (χ0v) is 24.3. The summed E-state index contributed by atoms with van der Waals surface area (Å²) in [6, 6.07) is 51.5. The van der Waals surface area contributed by atoms with Crippen LogP contribution in [0.5, 0.6) is 0 Å². The van der Waals surface area contributed by atoms with Crippen LogP contribution in [0, 0.1) is 0 Å². The molecule has 7 aromatic rings. The summed E-state index contributed by atoms with van der Waals surface area (Å²) in [6.07, 6.45) is 3.88. The molecule has 3 heteroatoms. The topological polar surface area (TPSA) is 29.0 Å². The van der Waals surface area contributed by atoms with Crippen molar-refractivity contribution >= 4 is 17.1 Å². The second-order valence-electron chi connectivity index (χ2n) is 12.5. The Labute approximate surface area is 261 Å². The van der Waals surface area contributed by atoms with E-state index >= 15 is 0 Å². The molecule has 0 radical (unpaired) electrons. The molecule has 0 fully saturated rings. The predicted molar refractivity (Wildman–Crippen MR) is 178 cm³/mol. The standard InChI is InChI=1S/C42H25N3/c1-3-16-30-26(12-1)27-13-2-4-17-31(27)41(30)32-18-5-7-22-36(32)45-37-23-8-6-19-33(37)42(35-21-9-20-34(41)38(35)45)39-28(14-10-24-43-39)29-15-11-25-44-40(29)42/h1-25H. The summed E-state index contributed by atoms with van der Waals surface area (Å²) in [5.41, 5.74) is 17.2. The Morgan fingerprint density at radius 2 is 0.778 bits per heavy atom. The van der Waals surface area contributed by atoms with Crippen molar-refractivity contribution in [1.29, 1.82) is 0 Å². The van der Waals surface area contributed by atoms with Gasteiger partial charge in [0.1, 0.15) is 5.41 Å². The summed E-state index contributed by atoms with van der Waals surface area (Å²) in [6.45, 7) is 0. The molecule has 2 aliphatic carbocycles. The molecule has 0 bridgehead atoms. The Bertz CT molecular complexity index is 2170. The molecule has 4 aliphatic rings. The van der Waals surface area contributed by atoms with E-state index in [4.69, 9.17) is 9.97 Å². The minimum absolute atomic E-state index is 0.475. The highest BCUT2D eigenvalue weighted by atomic mass is 15.2. The van der Waals surface area contributed by atoms with Gasteiger partial charge < -0.3 is 4.90 Å². The maximum Gasteiger partial charge on any atom is 0.110 e. The molecule has 0 N–H and O–H groups in total. The molecule has 208 valence electrons. The molecule has 45 heavy (non-hydrogen) atoms. The first kappa shape index (κ1) is 23.6. The molecule has 0 amide bonds. The van der Waals surface area contributed by atoms with Crippen molar-refractivity contribution in [3.63, 3.8) is 0 Å². The molecule has 3 nitrogen and oxygen atoms in total. The van der Waals surface area contributed by atoms with Gasteiger partial charge in [-0.3, -0.25) is 9.97 Å². The van der Waals surface area contributed by atoms with Crippen molar-refractivity contribution in [2.75, 3.05) is 4.90 Å². The first-order valence-electron chi connectivity index (χ1n) is 15.6. The Kier molecular flexibility index (Phi) is 4.21. The van der Waals surface area contributed by atoms with E-state index in [0.717, 1.165) is 22.5 Å². The van der Waals surface area contributed by atoms with Crippen LogP contribution in [0.25, 0.3) is 22.3 Å². The number of anilines is 3. The molecular formula is C42H25N3. The highest BCUT2D eigenvalue weighted by Gasteiger charge is 2.59. The molecule has 5 aromatic carbocycles. The van der Waals surface area contributed by atoms with Crippen LogP contribution in [0.3, 0.4) is 0 Å². The Hall–Kier alpha value is -5.80. The zero-order valence-electron chi connectivity index (χ0n) is 24.3. The van der Waals surface area contributed by atoms with Gasteiger partial charge in [0.25, 0.3) is 0 Å². The zero-order chi connectivity index (χ0) is 29.3. The van der Waals surface area contributed by atoms with E-state index < -0.39 is 10.8 Å². The van der Waals surface area contributed by atoms with Gasteiger partial charge in [0.15, 0.2) is 0 Å².